The second kappa shape index (κ2) is 14.3. The summed E-state index contributed by atoms with van der Waals surface area (Å²) in [7, 11) is 0.190. The average Bonchev–Trinajstić information content (AvgIpc) is 2.72. The van der Waals surface area contributed by atoms with E-state index in [2.05, 4.69) is 60.7 Å². The molecule has 0 radical (unpaired) electrons. The first-order valence-corrected chi connectivity index (χ1v) is 12.2. The van der Waals surface area contributed by atoms with Gasteiger partial charge in [-0.1, -0.05) is 81.3 Å². The maximum absolute atomic E-state index is 10.5. The molecule has 3 heteroatoms. The van der Waals surface area contributed by atoms with Gasteiger partial charge in [0.05, 0.1) is 10.9 Å². The molecule has 0 aliphatic rings. The van der Waals surface area contributed by atoms with Crippen molar-refractivity contribution in [2.24, 2.45) is 0 Å². The van der Waals surface area contributed by atoms with Crippen molar-refractivity contribution in [3.05, 3.63) is 60.7 Å². The molecule has 0 saturated carbocycles. The Kier molecular flexibility index (Phi) is 11.5. The van der Waals surface area contributed by atoms with Crippen LogP contribution in [0.5, 0.6) is 0 Å². The Bertz CT molecular complexity index is 603. The first kappa shape index (κ1) is 22.5. The Morgan fingerprint density at radius 2 is 1.00 bits per heavy atom. The van der Waals surface area contributed by atoms with Crippen LogP contribution in [0.15, 0.2) is 70.5 Å². The van der Waals surface area contributed by atoms with E-state index in [1.54, 1.807) is 0 Å². The number of rotatable bonds is 15. The third kappa shape index (κ3) is 9.45. The quantitative estimate of drug-likeness (QED) is 0.256. The second-order valence-electron chi connectivity index (χ2n) is 7.40. The molecule has 2 aromatic carbocycles. The Hall–Kier alpha value is -1.74. The average molecular weight is 400 g/mol. The summed E-state index contributed by atoms with van der Waals surface area (Å²) >= 11 is 0. The van der Waals surface area contributed by atoms with E-state index in [9.17, 15) is 4.79 Å². The molecule has 2 nitrogen and oxygen atoms in total. The number of aliphatic carboxylic acids is 1. The van der Waals surface area contributed by atoms with Gasteiger partial charge in [-0.05, 0) is 43.5 Å². The van der Waals surface area contributed by atoms with E-state index in [0.29, 0.717) is 6.42 Å². The van der Waals surface area contributed by atoms with Crippen LogP contribution in [0, 0.1) is 0 Å². The number of hydrogen-bond acceptors (Lipinski definition) is 1. The molecule has 152 valence electrons. The summed E-state index contributed by atoms with van der Waals surface area (Å²) in [5.74, 6) is 0.583. The number of carboxylic acids is 1. The van der Waals surface area contributed by atoms with Crippen LogP contribution in [-0.2, 0) is 15.7 Å². The molecule has 0 saturated heterocycles. The molecule has 0 fully saturated rings. The number of benzene rings is 2. The Labute approximate surface area is 173 Å². The van der Waals surface area contributed by atoms with Crippen molar-refractivity contribution >= 4 is 16.9 Å². The van der Waals surface area contributed by atoms with Crippen LogP contribution in [0.3, 0.4) is 0 Å². The minimum atomic E-state index is -0.664. The third-order valence-electron chi connectivity index (χ3n) is 5.04. The lowest BCUT2D eigenvalue weighted by atomic mass is 10.1. The fourth-order valence-electron chi connectivity index (χ4n) is 3.48. The van der Waals surface area contributed by atoms with Crippen LogP contribution >= 0.6 is 0 Å². The van der Waals surface area contributed by atoms with Gasteiger partial charge in [-0.3, -0.25) is 4.79 Å². The Morgan fingerprint density at radius 1 is 0.607 bits per heavy atom. The smallest absolute Gasteiger partial charge is 0.303 e. The number of carbonyl (C=O) groups is 1. The molecule has 28 heavy (non-hydrogen) atoms. The lowest BCUT2D eigenvalue weighted by Gasteiger charge is -2.08. The lowest BCUT2D eigenvalue weighted by molar-refractivity contribution is -0.137. The van der Waals surface area contributed by atoms with E-state index < -0.39 is 5.97 Å². The zero-order valence-corrected chi connectivity index (χ0v) is 17.8. The maximum Gasteiger partial charge on any atom is 0.303 e. The van der Waals surface area contributed by atoms with E-state index in [4.69, 9.17) is 5.11 Å². The van der Waals surface area contributed by atoms with Gasteiger partial charge in [0.2, 0.25) is 0 Å². The molecule has 1 N–H and O–H groups in total. The summed E-state index contributed by atoms with van der Waals surface area (Å²) in [6, 6.07) is 21.9. The van der Waals surface area contributed by atoms with E-state index in [1.807, 2.05) is 0 Å². The van der Waals surface area contributed by atoms with Gasteiger partial charge in [0.25, 0.3) is 0 Å². The molecule has 0 aliphatic carbocycles. The normalized spacial score (nSPS) is 11.0. The zero-order chi connectivity index (χ0) is 19.9. The Balaban J connectivity index is 1.57. The van der Waals surface area contributed by atoms with Crippen molar-refractivity contribution in [2.75, 3.05) is 5.75 Å². The second-order valence-corrected chi connectivity index (χ2v) is 9.53. The van der Waals surface area contributed by atoms with Gasteiger partial charge in [-0.15, -0.1) is 0 Å². The highest BCUT2D eigenvalue weighted by molar-refractivity contribution is 7.97. The summed E-state index contributed by atoms with van der Waals surface area (Å²) in [5.41, 5.74) is 0. The highest BCUT2D eigenvalue weighted by atomic mass is 32.2. The molecular formula is C25H35O2S+. The summed E-state index contributed by atoms with van der Waals surface area (Å²) in [4.78, 5) is 13.4. The molecular weight excluding hydrogens is 364 g/mol. The number of carboxylic acid groups (broad SMARTS) is 1. The molecule has 2 aromatic rings. The van der Waals surface area contributed by atoms with Crippen LogP contribution in [-0.4, -0.2) is 16.8 Å². The van der Waals surface area contributed by atoms with Crippen LogP contribution in [0.1, 0.15) is 70.6 Å². The van der Waals surface area contributed by atoms with Crippen molar-refractivity contribution in [1.29, 1.82) is 0 Å². The number of unbranched alkanes of at least 4 members (excludes halogenated alkanes) is 9. The molecule has 0 bridgehead atoms. The monoisotopic (exact) mass is 399 g/mol. The van der Waals surface area contributed by atoms with Crippen molar-refractivity contribution < 1.29 is 9.90 Å². The largest absolute Gasteiger partial charge is 0.481 e. The summed E-state index contributed by atoms with van der Waals surface area (Å²) < 4.78 is 0. The molecule has 0 aromatic heterocycles. The Morgan fingerprint density at radius 3 is 1.43 bits per heavy atom. The molecule has 0 aliphatic heterocycles. The SMILES string of the molecule is O=C(O)CCCCCCCCCCCC[S+](c1ccccc1)c1ccccc1. The minimum absolute atomic E-state index is 0.190. The first-order chi connectivity index (χ1) is 13.8. The van der Waals surface area contributed by atoms with Crippen molar-refractivity contribution in [1.82, 2.24) is 0 Å². The minimum Gasteiger partial charge on any atom is -0.481 e. The van der Waals surface area contributed by atoms with Crippen LogP contribution in [0.4, 0.5) is 0 Å². The van der Waals surface area contributed by atoms with E-state index >= 15 is 0 Å². The standard InChI is InChI=1S/C25H34O2S/c26-25(27)21-15-7-5-3-1-2-4-6-8-16-22-28(23-17-11-9-12-18-23)24-19-13-10-14-20-24/h9-14,17-20H,1-8,15-16,21-22H2/p+1. The lowest BCUT2D eigenvalue weighted by Crippen LogP contribution is -2.08. The van der Waals surface area contributed by atoms with Crippen LogP contribution < -0.4 is 0 Å². The topological polar surface area (TPSA) is 37.3 Å². The van der Waals surface area contributed by atoms with E-state index in [1.165, 1.54) is 66.9 Å². The van der Waals surface area contributed by atoms with Gasteiger partial charge >= 0.3 is 5.97 Å². The maximum atomic E-state index is 10.5. The van der Waals surface area contributed by atoms with Crippen molar-refractivity contribution in [3.8, 4) is 0 Å². The third-order valence-corrected chi connectivity index (χ3v) is 7.42. The first-order valence-electron chi connectivity index (χ1n) is 10.8. The predicted octanol–water partition coefficient (Wildman–Crippen LogP) is 7.10. The predicted molar refractivity (Wildman–Crippen MR) is 120 cm³/mol. The van der Waals surface area contributed by atoms with Gasteiger partial charge in [0.15, 0.2) is 9.79 Å². The molecule has 2 rings (SSSR count). The zero-order valence-electron chi connectivity index (χ0n) is 17.0. The van der Waals surface area contributed by atoms with Gasteiger partial charge in [-0.2, -0.15) is 0 Å². The molecule has 0 atom stereocenters. The van der Waals surface area contributed by atoms with Gasteiger partial charge in [0.1, 0.15) is 5.75 Å². The number of hydrogen-bond donors (Lipinski definition) is 1. The highest BCUT2D eigenvalue weighted by Crippen LogP contribution is 2.25. The summed E-state index contributed by atoms with van der Waals surface area (Å²) in [6.07, 6.45) is 12.6. The molecule has 0 amide bonds. The molecule has 0 spiro atoms. The molecule has 0 heterocycles. The van der Waals surface area contributed by atoms with Crippen LogP contribution in [0.25, 0.3) is 0 Å². The fourth-order valence-corrected chi connectivity index (χ4v) is 5.69. The van der Waals surface area contributed by atoms with Crippen molar-refractivity contribution in [3.63, 3.8) is 0 Å². The summed E-state index contributed by atoms with van der Waals surface area (Å²) in [6.45, 7) is 0. The highest BCUT2D eigenvalue weighted by Gasteiger charge is 2.23. The molecule has 0 unspecified atom stereocenters. The van der Waals surface area contributed by atoms with Gasteiger partial charge in [-0.25, -0.2) is 0 Å². The fraction of sp³-hybridized carbons (Fsp3) is 0.480. The van der Waals surface area contributed by atoms with Gasteiger partial charge < -0.3 is 5.11 Å². The van der Waals surface area contributed by atoms with E-state index in [0.717, 1.165) is 12.8 Å². The van der Waals surface area contributed by atoms with E-state index in [-0.39, 0.29) is 10.9 Å². The summed E-state index contributed by atoms with van der Waals surface area (Å²) in [5, 5.41) is 8.62. The van der Waals surface area contributed by atoms with Crippen LogP contribution in [0.2, 0.25) is 0 Å². The van der Waals surface area contributed by atoms with Gasteiger partial charge in [0, 0.05) is 6.42 Å². The van der Waals surface area contributed by atoms with Crippen molar-refractivity contribution in [2.45, 2.75) is 80.4 Å².